The second-order valence-electron chi connectivity index (χ2n) is 5.92. The molecule has 0 aliphatic rings. The smallest absolute Gasteiger partial charge is 0.335 e. The summed E-state index contributed by atoms with van der Waals surface area (Å²) in [5.41, 5.74) is 3.64. The topological polar surface area (TPSA) is 57.6 Å². The van der Waals surface area contributed by atoms with Crippen LogP contribution in [0, 0.1) is 0 Å². The zero-order valence-electron chi connectivity index (χ0n) is 14.2. The number of hydrogen-bond donors (Lipinski definition) is 1. The Morgan fingerprint density at radius 1 is 0.917 bits per heavy atom. The van der Waals surface area contributed by atoms with Crippen LogP contribution in [0.15, 0.2) is 48.5 Å². The Labute approximate surface area is 142 Å². The summed E-state index contributed by atoms with van der Waals surface area (Å²) in [4.78, 5) is 24.8. The second-order valence-corrected chi connectivity index (χ2v) is 5.92. The summed E-state index contributed by atoms with van der Waals surface area (Å²) < 4.78 is 0. The Bertz CT molecular complexity index is 690. The highest BCUT2D eigenvalue weighted by molar-refractivity contribution is 5.87. The second kappa shape index (κ2) is 8.29. The van der Waals surface area contributed by atoms with Crippen LogP contribution in [-0.4, -0.2) is 28.9 Å². The van der Waals surface area contributed by atoms with E-state index in [0.717, 1.165) is 17.5 Å². The van der Waals surface area contributed by atoms with E-state index in [1.807, 2.05) is 7.05 Å². The predicted octanol–water partition coefficient (Wildman–Crippen LogP) is 3.54. The van der Waals surface area contributed by atoms with E-state index in [-0.39, 0.29) is 11.5 Å². The first-order valence-corrected chi connectivity index (χ1v) is 8.13. The molecule has 4 heteroatoms. The zero-order chi connectivity index (χ0) is 17.5. The van der Waals surface area contributed by atoms with Gasteiger partial charge in [-0.3, -0.25) is 4.79 Å². The summed E-state index contributed by atoms with van der Waals surface area (Å²) in [7, 11) is 1.81. The van der Waals surface area contributed by atoms with Crippen LogP contribution in [0.5, 0.6) is 0 Å². The van der Waals surface area contributed by atoms with E-state index in [2.05, 4.69) is 31.2 Å². The monoisotopic (exact) mass is 325 g/mol. The number of carbonyl (C=O) groups is 2. The summed E-state index contributed by atoms with van der Waals surface area (Å²) in [6.45, 7) is 2.72. The zero-order valence-corrected chi connectivity index (χ0v) is 14.2. The number of benzene rings is 2. The molecule has 1 amide bonds. The molecule has 0 aromatic heterocycles. The van der Waals surface area contributed by atoms with Gasteiger partial charge in [-0.2, -0.15) is 0 Å². The molecule has 0 heterocycles. The number of carboxylic acids is 1. The fraction of sp³-hybridized carbons (Fsp3) is 0.300. The molecule has 2 aromatic carbocycles. The maximum absolute atomic E-state index is 12.3. The number of aryl methyl sites for hydroxylation is 2. The van der Waals surface area contributed by atoms with E-state index < -0.39 is 5.97 Å². The van der Waals surface area contributed by atoms with Crippen LogP contribution < -0.4 is 0 Å². The molecule has 0 radical (unpaired) electrons. The van der Waals surface area contributed by atoms with Crippen LogP contribution in [0.2, 0.25) is 0 Å². The number of carboxylic acid groups (broad SMARTS) is 1. The molecular weight excluding hydrogens is 302 g/mol. The van der Waals surface area contributed by atoms with Gasteiger partial charge in [0.2, 0.25) is 5.91 Å². The minimum Gasteiger partial charge on any atom is -0.478 e. The van der Waals surface area contributed by atoms with Gasteiger partial charge in [-0.05, 0) is 41.7 Å². The minimum absolute atomic E-state index is 0.0804. The Balaban J connectivity index is 1.85. The Morgan fingerprint density at radius 2 is 1.46 bits per heavy atom. The standard InChI is InChI=1S/C20H23NO3/c1-3-15-4-6-17(7-5-15)14-21(2)19(22)13-10-16-8-11-18(12-9-16)20(23)24/h4-9,11-12H,3,10,13-14H2,1-2H3,(H,23,24). The normalized spacial score (nSPS) is 10.4. The predicted molar refractivity (Wildman–Crippen MR) is 94.0 cm³/mol. The molecule has 0 aliphatic carbocycles. The molecule has 2 rings (SSSR count). The van der Waals surface area contributed by atoms with Crippen LogP contribution >= 0.6 is 0 Å². The first-order chi connectivity index (χ1) is 11.5. The molecule has 0 bridgehead atoms. The fourth-order valence-corrected chi connectivity index (χ4v) is 2.50. The average molecular weight is 325 g/mol. The van der Waals surface area contributed by atoms with E-state index in [1.165, 1.54) is 5.56 Å². The van der Waals surface area contributed by atoms with Gasteiger partial charge in [0.15, 0.2) is 0 Å². The summed E-state index contributed by atoms with van der Waals surface area (Å²) in [6.07, 6.45) is 2.03. The van der Waals surface area contributed by atoms with Gasteiger partial charge in [0.25, 0.3) is 0 Å². The van der Waals surface area contributed by atoms with Gasteiger partial charge in [0, 0.05) is 20.0 Å². The van der Waals surface area contributed by atoms with Crippen LogP contribution in [0.4, 0.5) is 0 Å². The van der Waals surface area contributed by atoms with Crippen LogP contribution in [0.3, 0.4) is 0 Å². The van der Waals surface area contributed by atoms with Gasteiger partial charge in [0.05, 0.1) is 5.56 Å². The van der Waals surface area contributed by atoms with Crippen LogP contribution in [0.25, 0.3) is 0 Å². The van der Waals surface area contributed by atoms with E-state index in [0.29, 0.717) is 19.4 Å². The maximum atomic E-state index is 12.3. The third-order valence-electron chi connectivity index (χ3n) is 4.11. The van der Waals surface area contributed by atoms with Gasteiger partial charge < -0.3 is 10.0 Å². The van der Waals surface area contributed by atoms with Crippen LogP contribution in [-0.2, 0) is 24.2 Å². The first-order valence-electron chi connectivity index (χ1n) is 8.13. The van der Waals surface area contributed by atoms with Crippen molar-refractivity contribution in [1.82, 2.24) is 4.90 Å². The highest BCUT2D eigenvalue weighted by Gasteiger charge is 2.10. The van der Waals surface area contributed by atoms with Gasteiger partial charge in [-0.15, -0.1) is 0 Å². The number of aromatic carboxylic acids is 1. The number of rotatable bonds is 7. The molecule has 0 unspecified atom stereocenters. The molecule has 0 fully saturated rings. The molecule has 2 aromatic rings. The largest absolute Gasteiger partial charge is 0.478 e. The molecule has 126 valence electrons. The number of nitrogens with zero attached hydrogens (tertiary/aromatic N) is 1. The average Bonchev–Trinajstić information content (AvgIpc) is 2.60. The van der Waals surface area contributed by atoms with Crippen molar-refractivity contribution < 1.29 is 14.7 Å². The van der Waals surface area contributed by atoms with Crippen molar-refractivity contribution in [1.29, 1.82) is 0 Å². The van der Waals surface area contributed by atoms with Gasteiger partial charge in [-0.1, -0.05) is 43.3 Å². The Kier molecular flexibility index (Phi) is 6.13. The summed E-state index contributed by atoms with van der Waals surface area (Å²) >= 11 is 0. The van der Waals surface area contributed by atoms with E-state index in [9.17, 15) is 9.59 Å². The highest BCUT2D eigenvalue weighted by atomic mass is 16.4. The van der Waals surface area contributed by atoms with Crippen LogP contribution in [0.1, 0.15) is 40.4 Å². The number of hydrogen-bond acceptors (Lipinski definition) is 2. The third kappa shape index (κ3) is 4.95. The molecular formula is C20H23NO3. The quantitative estimate of drug-likeness (QED) is 0.847. The fourth-order valence-electron chi connectivity index (χ4n) is 2.50. The molecule has 0 atom stereocenters. The molecule has 24 heavy (non-hydrogen) atoms. The molecule has 0 saturated carbocycles. The van der Waals surface area contributed by atoms with Crippen molar-refractivity contribution >= 4 is 11.9 Å². The first kappa shape index (κ1) is 17.7. The van der Waals surface area contributed by atoms with E-state index in [1.54, 1.807) is 29.2 Å². The minimum atomic E-state index is -0.938. The lowest BCUT2D eigenvalue weighted by Crippen LogP contribution is -2.26. The number of carbonyl (C=O) groups excluding carboxylic acids is 1. The maximum Gasteiger partial charge on any atom is 0.335 e. The summed E-state index contributed by atoms with van der Waals surface area (Å²) in [5, 5.41) is 8.88. The molecule has 1 N–H and O–H groups in total. The lowest BCUT2D eigenvalue weighted by atomic mass is 10.1. The molecule has 0 saturated heterocycles. The molecule has 0 spiro atoms. The van der Waals surface area contributed by atoms with Crippen molar-refractivity contribution in [3.63, 3.8) is 0 Å². The van der Waals surface area contributed by atoms with Crippen molar-refractivity contribution in [3.05, 3.63) is 70.8 Å². The molecule has 0 aliphatic heterocycles. The number of amides is 1. The van der Waals surface area contributed by atoms with E-state index >= 15 is 0 Å². The van der Waals surface area contributed by atoms with Crippen molar-refractivity contribution in [2.75, 3.05) is 7.05 Å². The van der Waals surface area contributed by atoms with E-state index in [4.69, 9.17) is 5.11 Å². The highest BCUT2D eigenvalue weighted by Crippen LogP contribution is 2.11. The lowest BCUT2D eigenvalue weighted by Gasteiger charge is -2.17. The molecule has 4 nitrogen and oxygen atoms in total. The van der Waals surface area contributed by atoms with Gasteiger partial charge in [0.1, 0.15) is 0 Å². The Morgan fingerprint density at radius 3 is 2.00 bits per heavy atom. The third-order valence-corrected chi connectivity index (χ3v) is 4.11. The van der Waals surface area contributed by atoms with Crippen molar-refractivity contribution in [3.8, 4) is 0 Å². The van der Waals surface area contributed by atoms with Crippen molar-refractivity contribution in [2.24, 2.45) is 0 Å². The van der Waals surface area contributed by atoms with Crippen molar-refractivity contribution in [2.45, 2.75) is 32.7 Å². The lowest BCUT2D eigenvalue weighted by molar-refractivity contribution is -0.130. The van der Waals surface area contributed by atoms with Gasteiger partial charge >= 0.3 is 5.97 Å². The Hall–Kier alpha value is -2.62. The van der Waals surface area contributed by atoms with Gasteiger partial charge in [-0.25, -0.2) is 4.79 Å². The SMILES string of the molecule is CCc1ccc(CN(C)C(=O)CCc2ccc(C(=O)O)cc2)cc1. The summed E-state index contributed by atoms with van der Waals surface area (Å²) in [6, 6.07) is 15.0. The summed E-state index contributed by atoms with van der Waals surface area (Å²) in [5.74, 6) is -0.858.